The van der Waals surface area contributed by atoms with E-state index in [2.05, 4.69) is 5.32 Å². The Hall–Kier alpha value is -1.94. The second-order valence-corrected chi connectivity index (χ2v) is 4.62. The summed E-state index contributed by atoms with van der Waals surface area (Å²) in [7, 11) is 1.79. The molecule has 2 aromatic rings. The van der Waals surface area contributed by atoms with Crippen LogP contribution in [0.3, 0.4) is 0 Å². The molecule has 0 saturated carbocycles. The van der Waals surface area contributed by atoms with E-state index in [1.54, 1.807) is 7.05 Å². The van der Waals surface area contributed by atoms with E-state index in [1.807, 2.05) is 31.2 Å². The molecule has 20 heavy (non-hydrogen) atoms. The lowest BCUT2D eigenvalue weighted by molar-refractivity contribution is 0.249. The Labute approximate surface area is 117 Å². The van der Waals surface area contributed by atoms with Crippen molar-refractivity contribution in [3.8, 4) is 5.75 Å². The summed E-state index contributed by atoms with van der Waals surface area (Å²) in [5, 5.41) is 3.08. The Morgan fingerprint density at radius 2 is 1.75 bits per heavy atom. The molecule has 2 aromatic carbocycles. The minimum Gasteiger partial charge on any atom is -0.486 e. The molecular formula is C16H17F2NO. The highest BCUT2D eigenvalue weighted by Crippen LogP contribution is 2.23. The van der Waals surface area contributed by atoms with Crippen molar-refractivity contribution < 1.29 is 13.5 Å². The molecule has 0 heterocycles. The van der Waals surface area contributed by atoms with Gasteiger partial charge in [-0.25, -0.2) is 8.78 Å². The van der Waals surface area contributed by atoms with E-state index < -0.39 is 11.6 Å². The third-order valence-corrected chi connectivity index (χ3v) is 3.11. The second kappa shape index (κ2) is 6.48. The first-order valence-corrected chi connectivity index (χ1v) is 6.42. The predicted molar refractivity (Wildman–Crippen MR) is 74.8 cm³/mol. The summed E-state index contributed by atoms with van der Waals surface area (Å²) in [5.74, 6) is -1.71. The van der Waals surface area contributed by atoms with Crippen molar-refractivity contribution in [2.24, 2.45) is 0 Å². The summed E-state index contributed by atoms with van der Waals surface area (Å²) in [4.78, 5) is 0. The van der Waals surface area contributed by atoms with Crippen molar-refractivity contribution in [1.82, 2.24) is 5.32 Å². The number of nitrogens with one attached hydrogen (secondary N) is 1. The first kappa shape index (κ1) is 14.5. The van der Waals surface area contributed by atoms with Gasteiger partial charge >= 0.3 is 0 Å². The fourth-order valence-corrected chi connectivity index (χ4v) is 2.02. The van der Waals surface area contributed by atoms with Crippen molar-refractivity contribution in [2.45, 2.75) is 13.0 Å². The van der Waals surface area contributed by atoms with E-state index in [0.29, 0.717) is 0 Å². The number of aryl methyl sites for hydroxylation is 1. The lowest BCUT2D eigenvalue weighted by atomic mass is 10.1. The van der Waals surface area contributed by atoms with Gasteiger partial charge in [-0.05, 0) is 31.7 Å². The number of ether oxygens (including phenoxy) is 1. The van der Waals surface area contributed by atoms with Crippen LogP contribution in [0.5, 0.6) is 5.75 Å². The van der Waals surface area contributed by atoms with Crippen LogP contribution >= 0.6 is 0 Å². The van der Waals surface area contributed by atoms with E-state index in [9.17, 15) is 8.78 Å². The van der Waals surface area contributed by atoms with E-state index in [4.69, 9.17) is 4.74 Å². The molecule has 0 radical (unpaired) electrons. The zero-order valence-electron chi connectivity index (χ0n) is 11.5. The third kappa shape index (κ3) is 3.33. The summed E-state index contributed by atoms with van der Waals surface area (Å²) in [6.45, 7) is 2.14. The highest BCUT2D eigenvalue weighted by Gasteiger charge is 2.14. The molecule has 1 unspecified atom stereocenters. The van der Waals surface area contributed by atoms with Gasteiger partial charge in [-0.2, -0.15) is 0 Å². The Kier molecular flexibility index (Phi) is 4.69. The molecule has 0 saturated heterocycles. The molecular weight excluding hydrogens is 260 g/mol. The number of halogens is 2. The maximum absolute atomic E-state index is 13.5. The topological polar surface area (TPSA) is 21.3 Å². The van der Waals surface area contributed by atoms with Gasteiger partial charge in [0.15, 0.2) is 17.4 Å². The largest absolute Gasteiger partial charge is 0.486 e. The Morgan fingerprint density at radius 1 is 1.10 bits per heavy atom. The lowest BCUT2D eigenvalue weighted by Crippen LogP contribution is -2.23. The molecule has 0 aromatic heterocycles. The van der Waals surface area contributed by atoms with Crippen LogP contribution in [0.2, 0.25) is 0 Å². The van der Waals surface area contributed by atoms with E-state index in [1.165, 1.54) is 18.2 Å². The normalized spacial score (nSPS) is 12.2. The lowest BCUT2D eigenvalue weighted by Gasteiger charge is -2.18. The van der Waals surface area contributed by atoms with E-state index >= 15 is 0 Å². The van der Waals surface area contributed by atoms with Crippen LogP contribution in [0.15, 0.2) is 42.5 Å². The molecule has 106 valence electrons. The molecule has 0 aliphatic rings. The highest BCUT2D eigenvalue weighted by molar-refractivity contribution is 5.28. The van der Waals surface area contributed by atoms with Crippen molar-refractivity contribution in [1.29, 1.82) is 0 Å². The Morgan fingerprint density at radius 3 is 2.35 bits per heavy atom. The fraction of sp³-hybridized carbons (Fsp3) is 0.250. The van der Waals surface area contributed by atoms with E-state index in [0.717, 1.165) is 11.1 Å². The van der Waals surface area contributed by atoms with Gasteiger partial charge in [0.25, 0.3) is 0 Å². The quantitative estimate of drug-likeness (QED) is 0.901. The van der Waals surface area contributed by atoms with E-state index in [-0.39, 0.29) is 18.4 Å². The Bertz CT molecular complexity index is 566. The van der Waals surface area contributed by atoms with Crippen LogP contribution in [0.4, 0.5) is 8.78 Å². The van der Waals surface area contributed by atoms with Crippen LogP contribution < -0.4 is 10.1 Å². The number of benzene rings is 2. The third-order valence-electron chi connectivity index (χ3n) is 3.11. The van der Waals surface area contributed by atoms with Gasteiger partial charge in [-0.3, -0.25) is 0 Å². The molecule has 0 amide bonds. The number of para-hydroxylation sites is 1. The highest BCUT2D eigenvalue weighted by atomic mass is 19.1. The zero-order chi connectivity index (χ0) is 14.5. The van der Waals surface area contributed by atoms with Crippen molar-refractivity contribution in [2.75, 3.05) is 13.7 Å². The molecule has 2 nitrogen and oxygen atoms in total. The number of hydrogen-bond acceptors (Lipinski definition) is 2. The predicted octanol–water partition coefficient (Wildman–Crippen LogP) is 3.61. The minimum absolute atomic E-state index is 0.131. The van der Waals surface area contributed by atoms with Gasteiger partial charge in [0.2, 0.25) is 0 Å². The summed E-state index contributed by atoms with van der Waals surface area (Å²) >= 11 is 0. The molecule has 0 aliphatic heterocycles. The summed E-state index contributed by atoms with van der Waals surface area (Å²) in [6, 6.07) is 11.4. The minimum atomic E-state index is -0.691. The smallest absolute Gasteiger partial charge is 0.190 e. The van der Waals surface area contributed by atoms with Gasteiger partial charge in [-0.1, -0.05) is 35.9 Å². The summed E-state index contributed by atoms with van der Waals surface area (Å²) < 4.78 is 32.3. The van der Waals surface area contributed by atoms with Crippen molar-refractivity contribution >= 4 is 0 Å². The molecule has 0 aliphatic carbocycles. The first-order chi connectivity index (χ1) is 9.61. The average Bonchev–Trinajstić information content (AvgIpc) is 2.42. The maximum Gasteiger partial charge on any atom is 0.190 e. The molecule has 4 heteroatoms. The standard InChI is InChI=1S/C16H17F2NO/c1-11-5-3-6-12(9-11)15(19-2)10-20-16-13(17)7-4-8-14(16)18/h3-9,15,19H,10H2,1-2H3. The second-order valence-electron chi connectivity index (χ2n) is 4.62. The van der Waals surface area contributed by atoms with Gasteiger partial charge in [0.05, 0.1) is 6.04 Å². The molecule has 1 atom stereocenters. The number of hydrogen-bond donors (Lipinski definition) is 1. The van der Waals surface area contributed by atoms with Gasteiger partial charge in [0.1, 0.15) is 6.61 Å². The van der Waals surface area contributed by atoms with Crippen LogP contribution in [-0.2, 0) is 0 Å². The van der Waals surface area contributed by atoms with Crippen molar-refractivity contribution in [3.05, 3.63) is 65.2 Å². The number of likely N-dealkylation sites (N-methyl/N-ethyl adjacent to an activating group) is 1. The molecule has 0 spiro atoms. The first-order valence-electron chi connectivity index (χ1n) is 6.42. The van der Waals surface area contributed by atoms with Gasteiger partial charge < -0.3 is 10.1 Å². The van der Waals surface area contributed by atoms with Crippen molar-refractivity contribution in [3.63, 3.8) is 0 Å². The Balaban J connectivity index is 2.12. The van der Waals surface area contributed by atoms with Crippen LogP contribution in [-0.4, -0.2) is 13.7 Å². The maximum atomic E-state index is 13.5. The summed E-state index contributed by atoms with van der Waals surface area (Å²) in [5.41, 5.74) is 2.14. The average molecular weight is 277 g/mol. The fourth-order valence-electron chi connectivity index (χ4n) is 2.02. The van der Waals surface area contributed by atoms with Crippen LogP contribution in [0, 0.1) is 18.6 Å². The zero-order valence-corrected chi connectivity index (χ0v) is 11.5. The molecule has 1 N–H and O–H groups in total. The SMILES string of the molecule is CNC(COc1c(F)cccc1F)c1cccc(C)c1. The monoisotopic (exact) mass is 277 g/mol. The van der Waals surface area contributed by atoms with Gasteiger partial charge in [-0.15, -0.1) is 0 Å². The van der Waals surface area contributed by atoms with Crippen LogP contribution in [0.1, 0.15) is 17.2 Å². The molecule has 0 fully saturated rings. The van der Waals surface area contributed by atoms with Gasteiger partial charge in [0, 0.05) is 0 Å². The molecule has 2 rings (SSSR count). The summed E-state index contributed by atoms with van der Waals surface area (Å²) in [6.07, 6.45) is 0. The van der Waals surface area contributed by atoms with Crippen LogP contribution in [0.25, 0.3) is 0 Å². The number of rotatable bonds is 5. The molecule has 0 bridgehead atoms.